The second-order valence-electron chi connectivity index (χ2n) is 6.64. The Kier molecular flexibility index (Phi) is 7.67. The zero-order chi connectivity index (χ0) is 23.3. The smallest absolute Gasteiger partial charge is 0.328 e. The number of amides is 4. The molecule has 2 aromatic carbocycles. The molecule has 1 fully saturated rings. The van der Waals surface area contributed by atoms with Crippen molar-refractivity contribution in [2.24, 2.45) is 0 Å². The highest BCUT2D eigenvalue weighted by molar-refractivity contribution is 14.1. The van der Waals surface area contributed by atoms with E-state index >= 15 is 0 Å². The van der Waals surface area contributed by atoms with Crippen molar-refractivity contribution in [1.29, 1.82) is 0 Å². The number of ether oxygens (including phenoxy) is 2. The van der Waals surface area contributed by atoms with E-state index in [0.29, 0.717) is 32.9 Å². The fraction of sp³-hybridized carbons (Fsp3) is 0.227. The highest BCUT2D eigenvalue weighted by Crippen LogP contribution is 2.35. The first-order valence-electron chi connectivity index (χ1n) is 9.81. The molecule has 2 aromatic rings. The highest BCUT2D eigenvalue weighted by atomic mass is 127. The van der Waals surface area contributed by atoms with Gasteiger partial charge in [0.25, 0.3) is 11.8 Å². The van der Waals surface area contributed by atoms with E-state index in [2.05, 4.69) is 10.6 Å². The minimum Gasteiger partial charge on any atom is -0.490 e. The van der Waals surface area contributed by atoms with E-state index in [1.807, 2.05) is 29.5 Å². The number of hydrogen-bond donors (Lipinski definition) is 2. The van der Waals surface area contributed by atoms with Gasteiger partial charge in [0.2, 0.25) is 0 Å². The molecule has 8 nitrogen and oxygen atoms in total. The zero-order valence-electron chi connectivity index (χ0n) is 17.4. The first kappa shape index (κ1) is 23.5. The summed E-state index contributed by atoms with van der Waals surface area (Å²) >= 11 is 2.04. The van der Waals surface area contributed by atoms with E-state index in [-0.39, 0.29) is 18.8 Å². The average Bonchev–Trinajstić information content (AvgIpc) is 3.01. The maximum atomic E-state index is 13.0. The lowest BCUT2D eigenvalue weighted by Crippen LogP contribution is -2.30. The molecule has 0 spiro atoms. The van der Waals surface area contributed by atoms with Gasteiger partial charge in [0.05, 0.1) is 10.2 Å². The van der Waals surface area contributed by atoms with Gasteiger partial charge in [-0.15, -0.1) is 0 Å². The number of anilines is 1. The van der Waals surface area contributed by atoms with E-state index < -0.39 is 23.7 Å². The largest absolute Gasteiger partial charge is 0.490 e. The average molecular weight is 553 g/mol. The SMILES string of the molecule is CCOc1cc(/C=C2/NC(=O)N(CC)C2=O)cc(I)c1OCC(=O)Nc1ccc(F)cc1. The molecule has 0 aliphatic carbocycles. The van der Waals surface area contributed by atoms with E-state index in [9.17, 15) is 18.8 Å². The molecule has 10 heteroatoms. The minimum absolute atomic E-state index is 0.169. The number of halogens is 2. The number of urea groups is 1. The second kappa shape index (κ2) is 10.4. The number of nitrogens with zero attached hydrogens (tertiary/aromatic N) is 1. The van der Waals surface area contributed by atoms with Crippen molar-refractivity contribution in [1.82, 2.24) is 10.2 Å². The summed E-state index contributed by atoms with van der Waals surface area (Å²) in [7, 11) is 0. The number of imide groups is 1. The summed E-state index contributed by atoms with van der Waals surface area (Å²) in [5, 5.41) is 5.18. The fourth-order valence-electron chi connectivity index (χ4n) is 2.97. The van der Waals surface area contributed by atoms with Gasteiger partial charge >= 0.3 is 6.03 Å². The summed E-state index contributed by atoms with van der Waals surface area (Å²) in [5.74, 6) is -0.444. The minimum atomic E-state index is -0.462. The highest BCUT2D eigenvalue weighted by Gasteiger charge is 2.32. The van der Waals surface area contributed by atoms with E-state index in [1.54, 1.807) is 25.1 Å². The Balaban J connectivity index is 1.76. The monoisotopic (exact) mass is 553 g/mol. The lowest BCUT2D eigenvalue weighted by Gasteiger charge is -2.15. The van der Waals surface area contributed by atoms with E-state index in [1.165, 1.54) is 24.3 Å². The summed E-state index contributed by atoms with van der Waals surface area (Å²) in [5.41, 5.74) is 1.25. The molecule has 0 aromatic heterocycles. The molecular weight excluding hydrogens is 532 g/mol. The number of carbonyl (C=O) groups excluding carboxylic acids is 3. The molecule has 168 valence electrons. The number of rotatable bonds is 8. The quantitative estimate of drug-likeness (QED) is 0.295. The van der Waals surface area contributed by atoms with Gasteiger partial charge in [-0.3, -0.25) is 14.5 Å². The van der Waals surface area contributed by atoms with Gasteiger partial charge in [0.1, 0.15) is 11.5 Å². The number of nitrogens with one attached hydrogen (secondary N) is 2. The zero-order valence-corrected chi connectivity index (χ0v) is 19.6. The van der Waals surface area contributed by atoms with Gasteiger partial charge in [-0.1, -0.05) is 0 Å². The maximum Gasteiger partial charge on any atom is 0.328 e. The van der Waals surface area contributed by atoms with Crippen LogP contribution in [-0.4, -0.2) is 42.5 Å². The summed E-state index contributed by atoms with van der Waals surface area (Å²) in [6.07, 6.45) is 1.56. The van der Waals surface area contributed by atoms with E-state index in [0.717, 1.165) is 4.90 Å². The first-order chi connectivity index (χ1) is 15.3. The van der Waals surface area contributed by atoms with Crippen LogP contribution in [0, 0.1) is 9.39 Å². The van der Waals surface area contributed by atoms with Crippen LogP contribution in [0.1, 0.15) is 19.4 Å². The molecular formula is C22H21FIN3O5. The predicted molar refractivity (Wildman–Crippen MR) is 125 cm³/mol. The molecule has 2 N–H and O–H groups in total. The van der Waals surface area contributed by atoms with Crippen LogP contribution in [-0.2, 0) is 9.59 Å². The van der Waals surface area contributed by atoms with Gasteiger partial charge in [-0.25, -0.2) is 9.18 Å². The standard InChI is InChI=1S/C22H21FIN3O5/c1-3-27-21(29)17(26-22(27)30)10-13-9-16(24)20(18(11-13)31-4-2)32-12-19(28)25-15-7-5-14(23)6-8-15/h5-11H,3-4,12H2,1-2H3,(H,25,28)(H,26,30)/b17-10+. The van der Waals surface area contributed by atoms with Crippen LogP contribution in [0.15, 0.2) is 42.1 Å². The van der Waals surface area contributed by atoms with Crippen molar-refractivity contribution < 1.29 is 28.2 Å². The van der Waals surface area contributed by atoms with Gasteiger partial charge in [0.15, 0.2) is 18.1 Å². The number of benzene rings is 2. The van der Waals surface area contributed by atoms with Crippen LogP contribution in [0.3, 0.4) is 0 Å². The van der Waals surface area contributed by atoms with Crippen LogP contribution in [0.2, 0.25) is 0 Å². The molecule has 3 rings (SSSR count). The number of hydrogen-bond acceptors (Lipinski definition) is 5. The molecule has 32 heavy (non-hydrogen) atoms. The molecule has 1 aliphatic rings. The normalized spacial score (nSPS) is 14.5. The summed E-state index contributed by atoms with van der Waals surface area (Å²) in [6.45, 7) is 3.87. The summed E-state index contributed by atoms with van der Waals surface area (Å²) in [6, 6.07) is 8.35. The topological polar surface area (TPSA) is 97.0 Å². The molecule has 4 amide bonds. The molecule has 1 saturated heterocycles. The summed E-state index contributed by atoms with van der Waals surface area (Å²) < 4.78 is 25.0. The Bertz CT molecular complexity index is 1070. The maximum absolute atomic E-state index is 13.0. The van der Waals surface area contributed by atoms with Crippen molar-refractivity contribution in [3.63, 3.8) is 0 Å². The molecule has 0 radical (unpaired) electrons. The van der Waals surface area contributed by atoms with Crippen molar-refractivity contribution in [3.05, 3.63) is 57.0 Å². The Morgan fingerprint density at radius 3 is 2.53 bits per heavy atom. The third-order valence-electron chi connectivity index (χ3n) is 4.40. The predicted octanol–water partition coefficient (Wildman–Crippen LogP) is 3.76. The molecule has 0 atom stereocenters. The van der Waals surface area contributed by atoms with Gasteiger partial charge in [0, 0.05) is 12.2 Å². The van der Waals surface area contributed by atoms with E-state index in [4.69, 9.17) is 9.47 Å². The van der Waals surface area contributed by atoms with Crippen LogP contribution < -0.4 is 20.1 Å². The van der Waals surface area contributed by atoms with Crippen LogP contribution in [0.25, 0.3) is 6.08 Å². The van der Waals surface area contributed by atoms with Crippen molar-refractivity contribution in [3.8, 4) is 11.5 Å². The Morgan fingerprint density at radius 1 is 1.19 bits per heavy atom. The van der Waals surface area contributed by atoms with Crippen molar-refractivity contribution in [2.75, 3.05) is 25.1 Å². The molecule has 1 aliphatic heterocycles. The second-order valence-corrected chi connectivity index (χ2v) is 7.81. The summed E-state index contributed by atoms with van der Waals surface area (Å²) in [4.78, 5) is 37.5. The Morgan fingerprint density at radius 2 is 1.91 bits per heavy atom. The Labute approximate surface area is 197 Å². The molecule has 0 unspecified atom stereocenters. The first-order valence-corrected chi connectivity index (χ1v) is 10.9. The van der Waals surface area contributed by atoms with Crippen LogP contribution in [0.5, 0.6) is 11.5 Å². The van der Waals surface area contributed by atoms with Crippen molar-refractivity contribution in [2.45, 2.75) is 13.8 Å². The Hall–Kier alpha value is -3.15. The van der Waals surface area contributed by atoms with Crippen molar-refractivity contribution >= 4 is 52.2 Å². The lowest BCUT2D eigenvalue weighted by molar-refractivity contribution is -0.122. The van der Waals surface area contributed by atoms with Crippen LogP contribution >= 0.6 is 22.6 Å². The number of likely N-dealkylation sites (N-methyl/N-ethyl adjacent to an activating group) is 1. The number of carbonyl (C=O) groups is 3. The lowest BCUT2D eigenvalue weighted by atomic mass is 10.1. The van der Waals surface area contributed by atoms with Crippen LogP contribution in [0.4, 0.5) is 14.9 Å². The van der Waals surface area contributed by atoms with Gasteiger partial charge < -0.3 is 20.1 Å². The fourth-order valence-corrected chi connectivity index (χ4v) is 3.75. The van der Waals surface area contributed by atoms with Gasteiger partial charge in [-0.2, -0.15) is 0 Å². The molecule has 0 saturated carbocycles. The third-order valence-corrected chi connectivity index (χ3v) is 5.20. The van der Waals surface area contributed by atoms with Gasteiger partial charge in [-0.05, 0) is 84.5 Å². The molecule has 1 heterocycles. The molecule has 0 bridgehead atoms. The third kappa shape index (κ3) is 5.55.